The molecule has 0 aromatic rings. The third-order valence-electron chi connectivity index (χ3n) is 1.40. The van der Waals surface area contributed by atoms with E-state index in [1.54, 1.807) is 4.90 Å². The van der Waals surface area contributed by atoms with E-state index >= 15 is 0 Å². The van der Waals surface area contributed by atoms with E-state index in [0.29, 0.717) is 26.3 Å². The van der Waals surface area contributed by atoms with Crippen molar-refractivity contribution in [1.29, 1.82) is 0 Å². The Morgan fingerprint density at radius 1 is 1.50 bits per heavy atom. The molecule has 0 aliphatic carbocycles. The molecule has 0 aromatic carbocycles. The first-order valence-corrected chi connectivity index (χ1v) is 4.37. The normalized spacial score (nSPS) is 21.4. The highest BCUT2D eigenvalue weighted by molar-refractivity contribution is 14.1. The fourth-order valence-electron chi connectivity index (χ4n) is 0.846. The van der Waals surface area contributed by atoms with Crippen molar-refractivity contribution in [3.8, 4) is 0 Å². The number of rotatable bonds is 1. The van der Waals surface area contributed by atoms with Crippen molar-refractivity contribution in [1.82, 2.24) is 4.90 Å². The summed E-state index contributed by atoms with van der Waals surface area (Å²) in [5.74, 6) is -0.149. The zero-order chi connectivity index (χ0) is 7.40. The molecule has 0 bridgehead atoms. The molecule has 1 aliphatic heterocycles. The topological polar surface area (TPSA) is 12.5 Å². The van der Waals surface area contributed by atoms with E-state index in [2.05, 4.69) is 0 Å². The van der Waals surface area contributed by atoms with E-state index in [4.69, 9.17) is 4.74 Å². The van der Waals surface area contributed by atoms with E-state index < -0.39 is 0 Å². The van der Waals surface area contributed by atoms with Gasteiger partial charge >= 0.3 is 0 Å². The van der Waals surface area contributed by atoms with Crippen LogP contribution in [0.25, 0.3) is 0 Å². The first-order valence-electron chi connectivity index (χ1n) is 3.13. The smallest absolute Gasteiger partial charge is 0.195 e. The van der Waals surface area contributed by atoms with Gasteiger partial charge < -0.3 is 9.64 Å². The third kappa shape index (κ3) is 2.09. The molecule has 1 rings (SSSR count). The summed E-state index contributed by atoms with van der Waals surface area (Å²) in [7, 11) is 0. The van der Waals surface area contributed by atoms with Crippen LogP contribution >= 0.6 is 22.6 Å². The number of halogens is 2. The largest absolute Gasteiger partial charge is 0.378 e. The van der Waals surface area contributed by atoms with Crippen molar-refractivity contribution in [3.63, 3.8) is 0 Å². The summed E-state index contributed by atoms with van der Waals surface area (Å²) >= 11 is 1.90. The molecule has 0 saturated carbocycles. The highest BCUT2D eigenvalue weighted by Crippen LogP contribution is 2.10. The van der Waals surface area contributed by atoms with Crippen LogP contribution in [0.3, 0.4) is 0 Å². The van der Waals surface area contributed by atoms with Crippen LogP contribution in [0.1, 0.15) is 0 Å². The lowest BCUT2D eigenvalue weighted by molar-refractivity contribution is 0.0427. The molecule has 10 heavy (non-hydrogen) atoms. The molecule has 58 valence electrons. The molecule has 0 N–H and O–H groups in total. The molecule has 0 aromatic heterocycles. The van der Waals surface area contributed by atoms with Crippen LogP contribution in [0.2, 0.25) is 0 Å². The predicted octanol–water partition coefficient (Wildman–Crippen LogP) is 1.52. The van der Waals surface area contributed by atoms with Crippen LogP contribution in [-0.4, -0.2) is 31.2 Å². The lowest BCUT2D eigenvalue weighted by atomic mass is 10.4. The molecule has 0 spiro atoms. The van der Waals surface area contributed by atoms with Crippen molar-refractivity contribution < 1.29 is 9.13 Å². The standard InChI is InChI=1S/C6H9FINO/c7-6(5-8)9-1-3-10-4-2-9/h5H,1-4H2/b6-5-. The second-order valence-electron chi connectivity index (χ2n) is 2.03. The summed E-state index contributed by atoms with van der Waals surface area (Å²) in [6, 6.07) is 0. The monoisotopic (exact) mass is 257 g/mol. The minimum Gasteiger partial charge on any atom is -0.378 e. The van der Waals surface area contributed by atoms with Crippen molar-refractivity contribution in [2.24, 2.45) is 0 Å². The highest BCUT2D eigenvalue weighted by Gasteiger charge is 2.11. The summed E-state index contributed by atoms with van der Waals surface area (Å²) in [5.41, 5.74) is 0. The first kappa shape index (κ1) is 8.26. The molecule has 1 saturated heterocycles. The Hall–Kier alpha value is 0.160. The molecule has 4 heteroatoms. The number of hydrogen-bond donors (Lipinski definition) is 0. The Morgan fingerprint density at radius 3 is 2.60 bits per heavy atom. The van der Waals surface area contributed by atoms with Crippen molar-refractivity contribution in [2.45, 2.75) is 0 Å². The number of hydrogen-bond acceptors (Lipinski definition) is 2. The van der Waals surface area contributed by atoms with Crippen LogP contribution in [0.5, 0.6) is 0 Å². The summed E-state index contributed by atoms with van der Waals surface area (Å²) in [5, 5.41) is 0. The van der Waals surface area contributed by atoms with Crippen LogP contribution in [0, 0.1) is 0 Å². The molecule has 1 heterocycles. The van der Waals surface area contributed by atoms with Crippen molar-refractivity contribution in [2.75, 3.05) is 26.3 Å². The number of ether oxygens (including phenoxy) is 1. The van der Waals surface area contributed by atoms with E-state index in [0.717, 1.165) is 0 Å². The van der Waals surface area contributed by atoms with Gasteiger partial charge in [-0.05, 0) is 22.6 Å². The molecule has 0 radical (unpaired) electrons. The maximum absolute atomic E-state index is 12.7. The number of nitrogens with zero attached hydrogens (tertiary/aromatic N) is 1. The molecule has 2 nitrogen and oxygen atoms in total. The van der Waals surface area contributed by atoms with Crippen LogP contribution in [-0.2, 0) is 4.74 Å². The van der Waals surface area contributed by atoms with Gasteiger partial charge in [0.15, 0.2) is 5.95 Å². The van der Waals surface area contributed by atoms with Gasteiger partial charge in [-0.3, -0.25) is 0 Å². The molecular weight excluding hydrogens is 248 g/mol. The Kier molecular flexibility index (Phi) is 3.41. The fraction of sp³-hybridized carbons (Fsp3) is 0.667. The second kappa shape index (κ2) is 4.12. The quantitative estimate of drug-likeness (QED) is 0.521. The Labute approximate surface area is 73.2 Å². The van der Waals surface area contributed by atoms with Crippen LogP contribution in [0.15, 0.2) is 10.0 Å². The van der Waals surface area contributed by atoms with Gasteiger partial charge in [-0.15, -0.1) is 0 Å². The number of morpholine rings is 1. The molecular formula is C6H9FINO. The first-order chi connectivity index (χ1) is 4.84. The Morgan fingerprint density at radius 2 is 2.10 bits per heavy atom. The highest BCUT2D eigenvalue weighted by atomic mass is 127. The SMILES string of the molecule is F/C(=C/I)N1CCOCC1. The van der Waals surface area contributed by atoms with Gasteiger partial charge in [0.1, 0.15) is 0 Å². The summed E-state index contributed by atoms with van der Waals surface area (Å²) < 4.78 is 19.2. The lowest BCUT2D eigenvalue weighted by Crippen LogP contribution is -2.34. The van der Waals surface area contributed by atoms with E-state index in [9.17, 15) is 4.39 Å². The summed E-state index contributed by atoms with van der Waals surface area (Å²) in [4.78, 5) is 1.68. The van der Waals surface area contributed by atoms with Crippen LogP contribution < -0.4 is 0 Å². The summed E-state index contributed by atoms with van der Waals surface area (Å²) in [6.07, 6.45) is 0. The Balaban J connectivity index is 2.39. The van der Waals surface area contributed by atoms with E-state index in [1.807, 2.05) is 22.6 Å². The zero-order valence-corrected chi connectivity index (χ0v) is 7.67. The van der Waals surface area contributed by atoms with Gasteiger partial charge in [0, 0.05) is 17.2 Å². The third-order valence-corrected chi connectivity index (χ3v) is 1.92. The second-order valence-corrected chi connectivity index (χ2v) is 2.65. The van der Waals surface area contributed by atoms with Gasteiger partial charge in [0.05, 0.1) is 13.2 Å². The van der Waals surface area contributed by atoms with Gasteiger partial charge in [-0.1, -0.05) is 0 Å². The van der Waals surface area contributed by atoms with Gasteiger partial charge in [0.25, 0.3) is 0 Å². The minimum atomic E-state index is -0.149. The predicted molar refractivity (Wildman–Crippen MR) is 45.6 cm³/mol. The maximum Gasteiger partial charge on any atom is 0.195 e. The van der Waals surface area contributed by atoms with Crippen LogP contribution in [0.4, 0.5) is 4.39 Å². The minimum absolute atomic E-state index is 0.149. The van der Waals surface area contributed by atoms with E-state index in [-0.39, 0.29) is 5.95 Å². The van der Waals surface area contributed by atoms with E-state index in [1.165, 1.54) is 4.08 Å². The average molecular weight is 257 g/mol. The fourth-order valence-corrected chi connectivity index (χ4v) is 1.24. The lowest BCUT2D eigenvalue weighted by Gasteiger charge is -2.26. The van der Waals surface area contributed by atoms with Gasteiger partial charge in [-0.25, -0.2) is 0 Å². The molecule has 1 fully saturated rings. The molecule has 1 aliphatic rings. The van der Waals surface area contributed by atoms with Crippen molar-refractivity contribution >= 4 is 22.6 Å². The van der Waals surface area contributed by atoms with Gasteiger partial charge in [0.2, 0.25) is 0 Å². The molecule has 0 atom stereocenters. The van der Waals surface area contributed by atoms with Gasteiger partial charge in [-0.2, -0.15) is 4.39 Å². The maximum atomic E-state index is 12.7. The summed E-state index contributed by atoms with van der Waals surface area (Å²) in [6.45, 7) is 2.62. The average Bonchev–Trinajstić information content (AvgIpc) is 2.05. The Bertz CT molecular complexity index is 134. The molecule has 0 unspecified atom stereocenters. The van der Waals surface area contributed by atoms with Crippen molar-refractivity contribution in [3.05, 3.63) is 10.0 Å². The zero-order valence-electron chi connectivity index (χ0n) is 5.52. The molecule has 0 amide bonds.